The fraction of sp³-hybridized carbons (Fsp3) is 0.0741. The number of pyridine rings is 1. The molecule has 3 aromatic heterocycles. The minimum Gasteiger partial charge on any atom is -0.383 e. The standard InChI is InChI=1S/C27H21F2N7O2S/c28-21-4-1-15(7-22(21)29)10-33-27(38)20-9-17(36-14-37)11-31-26(20)32-12-18-3-6-24(39-18)16-2-5-23-19(8-16)25(30)35-13-34-23/h1-9,11,13-14H,10,12H2,(H,31,32)(H,33,38)(H,36,37)(H2,30,34,35). The van der Waals surface area contributed by atoms with Crippen LogP contribution in [0, 0.1) is 11.6 Å². The van der Waals surface area contributed by atoms with Crippen LogP contribution < -0.4 is 21.7 Å². The van der Waals surface area contributed by atoms with Crippen molar-refractivity contribution in [3.05, 3.63) is 94.8 Å². The molecule has 3 heterocycles. The Morgan fingerprint density at radius 1 is 0.974 bits per heavy atom. The number of nitrogens with two attached hydrogens (primary N) is 1. The second-order valence-corrected chi connectivity index (χ2v) is 9.59. The summed E-state index contributed by atoms with van der Waals surface area (Å²) in [5.74, 6) is -1.77. The lowest BCUT2D eigenvalue weighted by molar-refractivity contribution is -0.105. The van der Waals surface area contributed by atoms with E-state index in [1.807, 2.05) is 30.3 Å². The Hall–Kier alpha value is -4.97. The van der Waals surface area contributed by atoms with Gasteiger partial charge in [0.2, 0.25) is 6.41 Å². The zero-order chi connectivity index (χ0) is 27.4. The van der Waals surface area contributed by atoms with Crippen LogP contribution in [0.1, 0.15) is 20.8 Å². The van der Waals surface area contributed by atoms with E-state index in [-0.39, 0.29) is 12.1 Å². The number of hydrogen-bond acceptors (Lipinski definition) is 8. The maximum Gasteiger partial charge on any atom is 0.255 e. The summed E-state index contributed by atoms with van der Waals surface area (Å²) in [6.07, 6.45) is 3.33. The highest BCUT2D eigenvalue weighted by Crippen LogP contribution is 2.31. The van der Waals surface area contributed by atoms with Gasteiger partial charge >= 0.3 is 0 Å². The SMILES string of the molecule is Nc1ncnc2ccc(-c3ccc(CNc4ncc(NC=O)cc4C(=O)NCc4ccc(F)c(F)c4)s3)cc12. The van der Waals surface area contributed by atoms with E-state index in [4.69, 9.17) is 5.73 Å². The smallest absolute Gasteiger partial charge is 0.255 e. The van der Waals surface area contributed by atoms with Gasteiger partial charge in [-0.3, -0.25) is 9.59 Å². The monoisotopic (exact) mass is 545 g/mol. The van der Waals surface area contributed by atoms with Crippen molar-refractivity contribution in [3.8, 4) is 10.4 Å². The normalized spacial score (nSPS) is 10.8. The van der Waals surface area contributed by atoms with Crippen LogP contribution in [-0.2, 0) is 17.9 Å². The zero-order valence-corrected chi connectivity index (χ0v) is 21.1. The molecule has 12 heteroatoms. The molecule has 0 fully saturated rings. The second-order valence-electron chi connectivity index (χ2n) is 8.42. The van der Waals surface area contributed by atoms with Gasteiger partial charge < -0.3 is 21.7 Å². The van der Waals surface area contributed by atoms with Gasteiger partial charge in [-0.1, -0.05) is 12.1 Å². The van der Waals surface area contributed by atoms with E-state index in [0.29, 0.717) is 35.8 Å². The Morgan fingerprint density at radius 3 is 2.67 bits per heavy atom. The van der Waals surface area contributed by atoms with Crippen molar-refractivity contribution in [1.29, 1.82) is 0 Å². The van der Waals surface area contributed by atoms with Gasteiger partial charge in [0, 0.05) is 21.7 Å². The van der Waals surface area contributed by atoms with Crippen LogP contribution in [0.15, 0.2) is 67.1 Å². The topological polar surface area (TPSA) is 135 Å². The number of anilines is 3. The van der Waals surface area contributed by atoms with Crippen LogP contribution in [0.4, 0.5) is 26.1 Å². The zero-order valence-electron chi connectivity index (χ0n) is 20.2. The molecule has 196 valence electrons. The number of amides is 2. The molecule has 0 saturated carbocycles. The summed E-state index contributed by atoms with van der Waals surface area (Å²) in [4.78, 5) is 38.5. The molecule has 0 aliphatic rings. The van der Waals surface area contributed by atoms with Crippen LogP contribution in [0.5, 0.6) is 0 Å². The first-order chi connectivity index (χ1) is 18.9. The number of nitrogens with one attached hydrogen (secondary N) is 3. The van der Waals surface area contributed by atoms with Gasteiger partial charge in [0.25, 0.3) is 5.91 Å². The Labute approximate surface area is 225 Å². The highest BCUT2D eigenvalue weighted by molar-refractivity contribution is 7.15. The van der Waals surface area contributed by atoms with Crippen molar-refractivity contribution < 1.29 is 18.4 Å². The molecule has 5 rings (SSSR count). The molecule has 5 aromatic rings. The number of halogens is 2. The van der Waals surface area contributed by atoms with Gasteiger partial charge in [0.1, 0.15) is 18.0 Å². The first-order valence-corrected chi connectivity index (χ1v) is 12.5. The number of carbonyl (C=O) groups excluding carboxylic acids is 2. The van der Waals surface area contributed by atoms with Crippen molar-refractivity contribution in [1.82, 2.24) is 20.3 Å². The molecule has 9 nitrogen and oxygen atoms in total. The number of fused-ring (bicyclic) bond motifs is 1. The highest BCUT2D eigenvalue weighted by Gasteiger charge is 2.15. The van der Waals surface area contributed by atoms with Crippen molar-refractivity contribution in [2.75, 3.05) is 16.4 Å². The lowest BCUT2D eigenvalue weighted by atomic mass is 10.1. The molecule has 0 aliphatic heterocycles. The van der Waals surface area contributed by atoms with Crippen LogP contribution in [0.2, 0.25) is 0 Å². The summed E-state index contributed by atoms with van der Waals surface area (Å²) in [6.45, 7) is 0.344. The largest absolute Gasteiger partial charge is 0.383 e. The third-order valence-electron chi connectivity index (χ3n) is 5.84. The maximum absolute atomic E-state index is 13.5. The Morgan fingerprint density at radius 2 is 1.85 bits per heavy atom. The third-order valence-corrected chi connectivity index (χ3v) is 6.97. The Balaban J connectivity index is 1.32. The average Bonchev–Trinajstić information content (AvgIpc) is 3.42. The summed E-state index contributed by atoms with van der Waals surface area (Å²) in [5.41, 5.74) is 8.62. The molecular formula is C27H21F2N7O2S. The number of benzene rings is 2. The quantitative estimate of drug-likeness (QED) is 0.197. The van der Waals surface area contributed by atoms with Gasteiger partial charge in [-0.15, -0.1) is 11.3 Å². The van der Waals surface area contributed by atoms with E-state index in [9.17, 15) is 18.4 Å². The van der Waals surface area contributed by atoms with Crippen LogP contribution in [-0.4, -0.2) is 27.3 Å². The third kappa shape index (κ3) is 5.80. The number of carbonyl (C=O) groups is 2. The number of aromatic nitrogens is 3. The Kier molecular flexibility index (Phi) is 7.37. The Bertz CT molecular complexity index is 1690. The molecule has 0 unspecified atom stereocenters. The molecule has 0 spiro atoms. The number of nitrogens with zero attached hydrogens (tertiary/aromatic N) is 3. The molecular weight excluding hydrogens is 524 g/mol. The predicted molar refractivity (Wildman–Crippen MR) is 146 cm³/mol. The molecule has 2 amide bonds. The minimum absolute atomic E-state index is 0.0313. The molecule has 0 radical (unpaired) electrons. The van der Waals surface area contributed by atoms with Gasteiger partial charge in [-0.25, -0.2) is 23.7 Å². The van der Waals surface area contributed by atoms with Gasteiger partial charge in [0.05, 0.1) is 29.5 Å². The van der Waals surface area contributed by atoms with E-state index in [1.54, 1.807) is 11.3 Å². The van der Waals surface area contributed by atoms with E-state index in [0.717, 1.165) is 38.4 Å². The molecule has 5 N–H and O–H groups in total. The molecule has 0 aliphatic carbocycles. The summed E-state index contributed by atoms with van der Waals surface area (Å²) < 4.78 is 26.7. The molecule has 0 bridgehead atoms. The van der Waals surface area contributed by atoms with Crippen molar-refractivity contribution in [2.24, 2.45) is 0 Å². The lowest BCUT2D eigenvalue weighted by Crippen LogP contribution is -2.24. The second kappa shape index (κ2) is 11.2. The molecule has 2 aromatic carbocycles. The number of thiophene rings is 1. The number of nitrogen functional groups attached to an aromatic ring is 1. The summed E-state index contributed by atoms with van der Waals surface area (Å²) in [5, 5.41) is 9.09. The van der Waals surface area contributed by atoms with Gasteiger partial charge in [0.15, 0.2) is 11.6 Å². The van der Waals surface area contributed by atoms with E-state index >= 15 is 0 Å². The highest BCUT2D eigenvalue weighted by atomic mass is 32.1. The number of rotatable bonds is 9. The fourth-order valence-electron chi connectivity index (χ4n) is 3.88. The van der Waals surface area contributed by atoms with E-state index < -0.39 is 17.5 Å². The first-order valence-electron chi connectivity index (χ1n) is 11.7. The van der Waals surface area contributed by atoms with Crippen LogP contribution in [0.25, 0.3) is 21.3 Å². The summed E-state index contributed by atoms with van der Waals surface area (Å²) in [6, 6.07) is 14.6. The van der Waals surface area contributed by atoms with E-state index in [1.165, 1.54) is 24.7 Å². The maximum atomic E-state index is 13.5. The average molecular weight is 546 g/mol. The van der Waals surface area contributed by atoms with Crippen LogP contribution in [0.3, 0.4) is 0 Å². The summed E-state index contributed by atoms with van der Waals surface area (Å²) >= 11 is 1.56. The van der Waals surface area contributed by atoms with Crippen molar-refractivity contribution in [2.45, 2.75) is 13.1 Å². The fourth-order valence-corrected chi connectivity index (χ4v) is 4.83. The summed E-state index contributed by atoms with van der Waals surface area (Å²) in [7, 11) is 0. The van der Waals surface area contributed by atoms with E-state index in [2.05, 4.69) is 30.9 Å². The molecule has 0 atom stereocenters. The van der Waals surface area contributed by atoms with Crippen molar-refractivity contribution >= 4 is 51.9 Å². The number of hydrogen-bond donors (Lipinski definition) is 4. The molecule has 39 heavy (non-hydrogen) atoms. The van der Waals surface area contributed by atoms with Crippen LogP contribution >= 0.6 is 11.3 Å². The lowest BCUT2D eigenvalue weighted by Gasteiger charge is -2.13. The predicted octanol–water partition coefficient (Wildman–Crippen LogP) is 4.72. The first kappa shape index (κ1) is 25.7. The minimum atomic E-state index is -1.00. The van der Waals surface area contributed by atoms with Gasteiger partial charge in [-0.05, 0) is 53.6 Å². The van der Waals surface area contributed by atoms with Crippen molar-refractivity contribution in [3.63, 3.8) is 0 Å². The molecule has 0 saturated heterocycles. The van der Waals surface area contributed by atoms with Gasteiger partial charge in [-0.2, -0.15) is 0 Å².